The van der Waals surface area contributed by atoms with Gasteiger partial charge < -0.3 is 28.5 Å². The third kappa shape index (κ3) is 12.2. The Morgan fingerprint density at radius 2 is 1.19 bits per heavy atom. The number of aryl methyl sites for hydroxylation is 1. The number of amides is 2. The lowest BCUT2D eigenvalue weighted by molar-refractivity contribution is -0.193. The minimum absolute atomic E-state index is 0. The number of rotatable bonds is 11. The Kier molecular flexibility index (Phi) is 18.0. The maximum absolute atomic E-state index is 13.2. The first-order valence-corrected chi connectivity index (χ1v) is 17.6. The molecule has 0 atom stereocenters. The number of nitrogens with zero attached hydrogens (tertiary/aromatic N) is 2. The van der Waals surface area contributed by atoms with E-state index in [0.717, 1.165) is 16.7 Å². The molecule has 14 nitrogen and oxygen atoms in total. The molecule has 0 saturated carbocycles. The SMILES string of the molecule is C.COC1=C(C(=O)c2ccc(Cc3ccc(F)cc3)o2)CN(C(C)C)C1=O.Cc1cc(F)ccc1Cc1ccc(C(=O)C2=C(O)C(=O)N(C(C)C)C2)o1.O=C=O.O=C=O. The van der Waals surface area contributed by atoms with E-state index in [9.17, 15) is 33.1 Å². The predicted molar refractivity (Wildman–Crippen MR) is 203 cm³/mol. The van der Waals surface area contributed by atoms with Crippen molar-refractivity contribution in [3.63, 3.8) is 0 Å². The topological polar surface area (TPSA) is 199 Å². The largest absolute Gasteiger partial charge is 0.503 e. The lowest BCUT2D eigenvalue weighted by Crippen LogP contribution is -2.34. The second-order valence-electron chi connectivity index (χ2n) is 13.3. The molecule has 4 heterocycles. The van der Waals surface area contributed by atoms with E-state index in [4.69, 9.17) is 32.7 Å². The average molecular weight is 819 g/mol. The summed E-state index contributed by atoms with van der Waals surface area (Å²) < 4.78 is 42.6. The van der Waals surface area contributed by atoms with Crippen molar-refractivity contribution in [3.05, 3.63) is 141 Å². The van der Waals surface area contributed by atoms with Crippen LogP contribution in [-0.4, -0.2) is 82.9 Å². The first kappa shape index (κ1) is 48.1. The fourth-order valence-corrected chi connectivity index (χ4v) is 5.89. The highest BCUT2D eigenvalue weighted by Gasteiger charge is 2.38. The number of halogens is 2. The number of aliphatic hydroxyl groups is 1. The van der Waals surface area contributed by atoms with Crippen LogP contribution >= 0.6 is 0 Å². The number of aliphatic hydroxyl groups excluding tert-OH is 1. The zero-order valence-electron chi connectivity index (χ0n) is 32.4. The first-order chi connectivity index (χ1) is 27.5. The van der Waals surface area contributed by atoms with Gasteiger partial charge in [-0.25, -0.2) is 8.78 Å². The molecule has 2 aliphatic rings. The van der Waals surface area contributed by atoms with Crippen LogP contribution in [0.25, 0.3) is 0 Å². The number of furan rings is 2. The summed E-state index contributed by atoms with van der Waals surface area (Å²) >= 11 is 0. The number of carbonyl (C=O) groups excluding carboxylic acids is 8. The van der Waals surface area contributed by atoms with Gasteiger partial charge in [-0.05, 0) is 99.8 Å². The second-order valence-corrected chi connectivity index (χ2v) is 13.3. The molecule has 0 aliphatic carbocycles. The molecule has 0 fully saturated rings. The maximum Gasteiger partial charge on any atom is 0.373 e. The molecule has 0 spiro atoms. The van der Waals surface area contributed by atoms with Gasteiger partial charge in [0, 0.05) is 24.9 Å². The van der Waals surface area contributed by atoms with Gasteiger partial charge in [-0.2, -0.15) is 19.2 Å². The molecule has 0 unspecified atom stereocenters. The zero-order valence-corrected chi connectivity index (χ0v) is 32.4. The maximum atomic E-state index is 13.2. The van der Waals surface area contributed by atoms with Crippen LogP contribution < -0.4 is 0 Å². The Labute approximate surface area is 338 Å². The number of ether oxygens (including phenoxy) is 1. The van der Waals surface area contributed by atoms with Crippen molar-refractivity contribution in [3.8, 4) is 0 Å². The van der Waals surface area contributed by atoms with Crippen molar-refractivity contribution in [2.24, 2.45) is 0 Å². The predicted octanol–water partition coefficient (Wildman–Crippen LogP) is 6.38. The van der Waals surface area contributed by atoms with Crippen molar-refractivity contribution >= 4 is 35.7 Å². The van der Waals surface area contributed by atoms with Crippen LogP contribution in [0.3, 0.4) is 0 Å². The molecular formula is C43H44F2N2O12. The molecule has 2 aromatic carbocycles. The van der Waals surface area contributed by atoms with E-state index < -0.39 is 17.4 Å². The van der Waals surface area contributed by atoms with E-state index in [1.54, 1.807) is 48.2 Å². The molecule has 0 bridgehead atoms. The van der Waals surface area contributed by atoms with Crippen LogP contribution in [0, 0.1) is 18.6 Å². The van der Waals surface area contributed by atoms with E-state index in [-0.39, 0.29) is 91.1 Å². The first-order valence-electron chi connectivity index (χ1n) is 17.6. The van der Waals surface area contributed by atoms with Gasteiger partial charge in [0.1, 0.15) is 23.2 Å². The monoisotopic (exact) mass is 818 g/mol. The Bertz CT molecular complexity index is 2260. The van der Waals surface area contributed by atoms with Crippen LogP contribution in [0.2, 0.25) is 0 Å². The van der Waals surface area contributed by atoms with Crippen molar-refractivity contribution in [2.75, 3.05) is 20.2 Å². The van der Waals surface area contributed by atoms with Crippen LogP contribution in [-0.2, 0) is 46.3 Å². The Balaban J connectivity index is 0.000000354. The van der Waals surface area contributed by atoms with Crippen LogP contribution in [0.4, 0.5) is 8.78 Å². The van der Waals surface area contributed by atoms with E-state index in [0.29, 0.717) is 29.9 Å². The van der Waals surface area contributed by atoms with Gasteiger partial charge in [-0.15, -0.1) is 0 Å². The summed E-state index contributed by atoms with van der Waals surface area (Å²) in [6.07, 6.45) is 1.36. The van der Waals surface area contributed by atoms with Crippen molar-refractivity contribution < 1.29 is 65.8 Å². The van der Waals surface area contributed by atoms with E-state index in [2.05, 4.69) is 0 Å². The summed E-state index contributed by atoms with van der Waals surface area (Å²) in [7, 11) is 1.38. The molecule has 0 radical (unpaired) electrons. The summed E-state index contributed by atoms with van der Waals surface area (Å²) in [4.78, 5) is 85.2. The van der Waals surface area contributed by atoms with Gasteiger partial charge in [0.15, 0.2) is 23.0 Å². The molecule has 2 aromatic heterocycles. The Morgan fingerprint density at radius 1 is 0.729 bits per heavy atom. The smallest absolute Gasteiger partial charge is 0.373 e. The highest BCUT2D eigenvalue weighted by molar-refractivity contribution is 6.15. The molecule has 59 heavy (non-hydrogen) atoms. The van der Waals surface area contributed by atoms with Crippen molar-refractivity contribution in [2.45, 2.75) is 67.0 Å². The number of hydrogen-bond acceptors (Lipinski definition) is 12. The molecule has 4 aromatic rings. The van der Waals surface area contributed by atoms with Crippen LogP contribution in [0.15, 0.2) is 98.2 Å². The summed E-state index contributed by atoms with van der Waals surface area (Å²) in [5, 5.41) is 10.0. The fraction of sp³-hybridized carbons (Fsp3) is 0.302. The van der Waals surface area contributed by atoms with E-state index in [1.807, 2.05) is 27.7 Å². The third-order valence-corrected chi connectivity index (χ3v) is 8.87. The summed E-state index contributed by atoms with van der Waals surface area (Å²) in [5.41, 5.74) is 2.91. The van der Waals surface area contributed by atoms with Gasteiger partial charge in [0.05, 0.1) is 31.3 Å². The van der Waals surface area contributed by atoms with Gasteiger partial charge in [-0.1, -0.05) is 25.6 Å². The highest BCUT2D eigenvalue weighted by atomic mass is 19.1. The molecule has 2 amide bonds. The summed E-state index contributed by atoms with van der Waals surface area (Å²) in [5.74, 6) is -1.38. The molecule has 16 heteroatoms. The third-order valence-electron chi connectivity index (χ3n) is 8.87. The molecular weight excluding hydrogens is 774 g/mol. The van der Waals surface area contributed by atoms with E-state index >= 15 is 0 Å². The Hall–Kier alpha value is -7.02. The number of benzene rings is 2. The second kappa shape index (κ2) is 22.1. The van der Waals surface area contributed by atoms with Crippen molar-refractivity contribution in [1.29, 1.82) is 0 Å². The van der Waals surface area contributed by atoms with Gasteiger partial charge in [0.2, 0.25) is 11.6 Å². The Morgan fingerprint density at radius 3 is 1.66 bits per heavy atom. The van der Waals surface area contributed by atoms with E-state index in [1.165, 1.54) is 42.3 Å². The van der Waals surface area contributed by atoms with Gasteiger partial charge in [0.25, 0.3) is 11.8 Å². The van der Waals surface area contributed by atoms with Crippen molar-refractivity contribution in [1.82, 2.24) is 9.80 Å². The normalized spacial score (nSPS) is 13.1. The minimum Gasteiger partial charge on any atom is -0.503 e. The quantitative estimate of drug-likeness (QED) is 0.164. The number of hydrogen-bond donors (Lipinski definition) is 1. The molecule has 1 N–H and O–H groups in total. The van der Waals surface area contributed by atoms with Crippen LogP contribution in [0.5, 0.6) is 0 Å². The average Bonchev–Trinajstić information content (AvgIpc) is 3.97. The number of Topliss-reactive ketones (excluding diaryl/α,β-unsaturated/α-hetero) is 2. The number of ketones is 2. The lowest BCUT2D eigenvalue weighted by atomic mass is 10.0. The standard InChI is InChI=1S/2C20H20FNO4.2CO2.CH4/c1-12(2)22-11-16(19(25-3)20(22)24)18(23)17-9-8-15(26-17)10-13-4-6-14(21)7-5-13;1-11(2)22-10-16(19(24)20(22)25)18(23)17-7-6-15(26-17)9-13-4-5-14(21)8-12(13)3;2*2-1-3;/h4-9,12H,10-11H2,1-3H3;4-8,11,24H,9-10H2,1-3H3;;;1H4. The number of methoxy groups -OCH3 is 1. The van der Waals surface area contributed by atoms with Gasteiger partial charge >= 0.3 is 12.3 Å². The van der Waals surface area contributed by atoms with Gasteiger partial charge in [-0.3, -0.25) is 19.2 Å². The summed E-state index contributed by atoms with van der Waals surface area (Å²) in [6.45, 7) is 9.46. The fourth-order valence-electron chi connectivity index (χ4n) is 5.89. The minimum atomic E-state index is -0.544. The zero-order chi connectivity index (χ0) is 43.3. The van der Waals surface area contributed by atoms with Crippen LogP contribution in [0.1, 0.15) is 84.4 Å². The molecule has 312 valence electrons. The summed E-state index contributed by atoms with van der Waals surface area (Å²) in [6, 6.07) is 16.9. The molecule has 2 aliphatic heterocycles. The lowest BCUT2D eigenvalue weighted by Gasteiger charge is -2.20. The molecule has 0 saturated heterocycles. The highest BCUT2D eigenvalue weighted by Crippen LogP contribution is 2.27. The molecule has 6 rings (SSSR count). The number of carbonyl (C=O) groups is 4.